The molecule has 3 heteroatoms. The standard InChI is InChI=1S/C19H26F2O/c1-3-22-17-11-8-14(18(20)19(17)21)6-5-13-7-10-15-12(2)4-9-16(13)15/h8,11-13,15-16H,3-7,9-10H2,1-2H3. The highest BCUT2D eigenvalue weighted by atomic mass is 19.2. The summed E-state index contributed by atoms with van der Waals surface area (Å²) in [5.41, 5.74) is 0.496. The molecule has 1 nitrogen and oxygen atoms in total. The van der Waals surface area contributed by atoms with E-state index >= 15 is 0 Å². The van der Waals surface area contributed by atoms with Gasteiger partial charge in [-0.05, 0) is 74.3 Å². The van der Waals surface area contributed by atoms with Crippen LogP contribution in [0.2, 0.25) is 0 Å². The number of rotatable bonds is 5. The lowest BCUT2D eigenvalue weighted by Crippen LogP contribution is -2.12. The van der Waals surface area contributed by atoms with Crippen LogP contribution < -0.4 is 4.74 Å². The first-order valence-electron chi connectivity index (χ1n) is 8.71. The van der Waals surface area contributed by atoms with Crippen LogP contribution in [0, 0.1) is 35.3 Å². The highest BCUT2D eigenvalue weighted by Gasteiger charge is 2.42. The average molecular weight is 308 g/mol. The van der Waals surface area contributed by atoms with E-state index in [1.165, 1.54) is 25.7 Å². The van der Waals surface area contributed by atoms with Gasteiger partial charge in [0.05, 0.1) is 6.61 Å². The molecule has 0 saturated heterocycles. The maximum absolute atomic E-state index is 14.1. The number of benzene rings is 1. The zero-order valence-corrected chi connectivity index (χ0v) is 13.6. The van der Waals surface area contributed by atoms with Crippen LogP contribution in [-0.2, 0) is 6.42 Å². The van der Waals surface area contributed by atoms with Gasteiger partial charge in [0.15, 0.2) is 11.6 Å². The van der Waals surface area contributed by atoms with Crippen molar-refractivity contribution in [3.8, 4) is 5.75 Å². The molecule has 2 fully saturated rings. The van der Waals surface area contributed by atoms with Crippen LogP contribution in [-0.4, -0.2) is 6.61 Å². The maximum atomic E-state index is 14.1. The highest BCUT2D eigenvalue weighted by Crippen LogP contribution is 2.51. The number of ether oxygens (including phenoxy) is 1. The summed E-state index contributed by atoms with van der Waals surface area (Å²) in [7, 11) is 0. The van der Waals surface area contributed by atoms with Gasteiger partial charge in [-0.2, -0.15) is 4.39 Å². The van der Waals surface area contributed by atoms with Gasteiger partial charge in [0.25, 0.3) is 0 Å². The quantitative estimate of drug-likeness (QED) is 0.710. The molecule has 2 aliphatic carbocycles. The first-order valence-corrected chi connectivity index (χ1v) is 8.71. The van der Waals surface area contributed by atoms with E-state index in [0.717, 1.165) is 24.2 Å². The lowest BCUT2D eigenvalue weighted by atomic mass is 9.86. The molecule has 0 spiro atoms. The van der Waals surface area contributed by atoms with E-state index in [1.54, 1.807) is 19.1 Å². The number of halogens is 2. The smallest absolute Gasteiger partial charge is 0.200 e. The van der Waals surface area contributed by atoms with Gasteiger partial charge in [0, 0.05) is 0 Å². The fourth-order valence-corrected chi connectivity index (χ4v) is 4.74. The van der Waals surface area contributed by atoms with Crippen LogP contribution in [0.3, 0.4) is 0 Å². The third kappa shape index (κ3) is 2.87. The van der Waals surface area contributed by atoms with Crippen LogP contribution in [0.4, 0.5) is 8.78 Å². The fraction of sp³-hybridized carbons (Fsp3) is 0.684. The van der Waals surface area contributed by atoms with Gasteiger partial charge in [0.1, 0.15) is 0 Å². The average Bonchev–Trinajstić information content (AvgIpc) is 3.07. The van der Waals surface area contributed by atoms with Crippen LogP contribution in [0.25, 0.3) is 0 Å². The van der Waals surface area contributed by atoms with Crippen LogP contribution in [0.1, 0.15) is 51.5 Å². The molecular formula is C19H26F2O. The van der Waals surface area contributed by atoms with E-state index < -0.39 is 11.6 Å². The Morgan fingerprint density at radius 3 is 2.59 bits per heavy atom. The molecule has 4 atom stereocenters. The second kappa shape index (κ2) is 6.55. The van der Waals surface area contributed by atoms with E-state index in [4.69, 9.17) is 4.74 Å². The molecule has 122 valence electrons. The van der Waals surface area contributed by atoms with E-state index in [0.29, 0.717) is 24.5 Å². The minimum Gasteiger partial charge on any atom is -0.491 e. The van der Waals surface area contributed by atoms with Gasteiger partial charge < -0.3 is 4.74 Å². The number of hydrogen-bond donors (Lipinski definition) is 0. The molecule has 2 aliphatic rings. The van der Waals surface area contributed by atoms with Gasteiger partial charge in [-0.25, -0.2) is 4.39 Å². The Balaban J connectivity index is 1.64. The molecular weight excluding hydrogens is 282 g/mol. The lowest BCUT2D eigenvalue weighted by molar-refractivity contribution is 0.307. The minimum absolute atomic E-state index is 0.0225. The summed E-state index contributed by atoms with van der Waals surface area (Å²) >= 11 is 0. The number of fused-ring (bicyclic) bond motifs is 1. The second-order valence-electron chi connectivity index (χ2n) is 7.04. The molecule has 22 heavy (non-hydrogen) atoms. The lowest BCUT2D eigenvalue weighted by Gasteiger charge is -2.19. The summed E-state index contributed by atoms with van der Waals surface area (Å²) < 4.78 is 33.2. The Morgan fingerprint density at radius 1 is 1.05 bits per heavy atom. The zero-order chi connectivity index (χ0) is 15.7. The molecule has 0 aromatic heterocycles. The molecule has 4 unspecified atom stereocenters. The van der Waals surface area contributed by atoms with E-state index in [-0.39, 0.29) is 5.75 Å². The SMILES string of the molecule is CCOc1ccc(CCC2CCC3C(C)CCC23)c(F)c1F. The predicted octanol–water partition coefficient (Wildman–Crippen LogP) is 5.37. The van der Waals surface area contributed by atoms with E-state index in [1.807, 2.05) is 0 Å². The molecule has 0 aliphatic heterocycles. The third-order valence-corrected chi connectivity index (χ3v) is 5.92. The molecule has 3 rings (SSSR count). The van der Waals surface area contributed by atoms with Crippen molar-refractivity contribution in [1.29, 1.82) is 0 Å². The van der Waals surface area contributed by atoms with Crippen molar-refractivity contribution in [2.24, 2.45) is 23.7 Å². The molecule has 0 heterocycles. The van der Waals surface area contributed by atoms with Crippen LogP contribution in [0.15, 0.2) is 12.1 Å². The summed E-state index contributed by atoms with van der Waals surface area (Å²) in [5.74, 6) is 1.73. The molecule has 2 saturated carbocycles. The number of hydrogen-bond acceptors (Lipinski definition) is 1. The van der Waals surface area contributed by atoms with Crippen molar-refractivity contribution in [1.82, 2.24) is 0 Å². The Hall–Kier alpha value is -1.12. The summed E-state index contributed by atoms with van der Waals surface area (Å²) in [4.78, 5) is 0. The van der Waals surface area contributed by atoms with Crippen molar-refractivity contribution in [2.75, 3.05) is 6.61 Å². The van der Waals surface area contributed by atoms with E-state index in [2.05, 4.69) is 6.92 Å². The summed E-state index contributed by atoms with van der Waals surface area (Å²) in [5, 5.41) is 0. The normalized spacial score (nSPS) is 30.5. The van der Waals surface area contributed by atoms with Gasteiger partial charge in [0.2, 0.25) is 5.82 Å². The monoisotopic (exact) mass is 308 g/mol. The molecule has 0 amide bonds. The molecule has 0 radical (unpaired) electrons. The van der Waals surface area contributed by atoms with Gasteiger partial charge >= 0.3 is 0 Å². The summed E-state index contributed by atoms with van der Waals surface area (Å²) in [6.45, 7) is 4.48. The first-order chi connectivity index (χ1) is 10.6. The van der Waals surface area contributed by atoms with Gasteiger partial charge in [-0.1, -0.05) is 19.4 Å². The third-order valence-electron chi connectivity index (χ3n) is 5.92. The largest absolute Gasteiger partial charge is 0.491 e. The first kappa shape index (κ1) is 15.8. The Labute approximate surface area is 132 Å². The zero-order valence-electron chi connectivity index (χ0n) is 13.6. The van der Waals surface area contributed by atoms with Gasteiger partial charge in [-0.15, -0.1) is 0 Å². The van der Waals surface area contributed by atoms with Crippen molar-refractivity contribution in [3.05, 3.63) is 29.3 Å². The molecule has 0 N–H and O–H groups in total. The number of aryl methyl sites for hydroxylation is 1. The van der Waals surface area contributed by atoms with Crippen molar-refractivity contribution < 1.29 is 13.5 Å². The Kier molecular flexibility index (Phi) is 4.70. The highest BCUT2D eigenvalue weighted by molar-refractivity contribution is 5.31. The Morgan fingerprint density at radius 2 is 1.82 bits per heavy atom. The van der Waals surface area contributed by atoms with E-state index in [9.17, 15) is 8.78 Å². The summed E-state index contributed by atoms with van der Waals surface area (Å²) in [6, 6.07) is 3.25. The minimum atomic E-state index is -0.835. The van der Waals surface area contributed by atoms with Crippen molar-refractivity contribution >= 4 is 0 Å². The van der Waals surface area contributed by atoms with Gasteiger partial charge in [-0.3, -0.25) is 0 Å². The predicted molar refractivity (Wildman–Crippen MR) is 84.0 cm³/mol. The van der Waals surface area contributed by atoms with Crippen molar-refractivity contribution in [3.63, 3.8) is 0 Å². The molecule has 1 aromatic rings. The van der Waals surface area contributed by atoms with Crippen LogP contribution >= 0.6 is 0 Å². The molecule has 0 bridgehead atoms. The summed E-state index contributed by atoms with van der Waals surface area (Å²) in [6.07, 6.45) is 6.89. The second-order valence-corrected chi connectivity index (χ2v) is 7.04. The topological polar surface area (TPSA) is 9.23 Å². The van der Waals surface area contributed by atoms with Crippen molar-refractivity contribution in [2.45, 2.75) is 52.4 Å². The molecule has 1 aromatic carbocycles. The maximum Gasteiger partial charge on any atom is 0.200 e. The van der Waals surface area contributed by atoms with Crippen LogP contribution in [0.5, 0.6) is 5.75 Å². The Bertz CT molecular complexity index is 528. The fourth-order valence-electron chi connectivity index (χ4n) is 4.74.